The molecule has 0 bridgehead atoms. The maximum atomic E-state index is 3.93. The molecule has 1 unspecified atom stereocenters. The number of aromatic nitrogens is 4. The van der Waals surface area contributed by atoms with Crippen molar-refractivity contribution in [1.82, 2.24) is 20.2 Å². The molecule has 1 atom stereocenters. The number of aryl methyl sites for hydroxylation is 1. The Morgan fingerprint density at radius 3 is 2.64 bits per heavy atom. The fraction of sp³-hybridized carbons (Fsp3) is 0.235. The highest BCUT2D eigenvalue weighted by atomic mass is 15.5. The molecule has 5 nitrogen and oxygen atoms in total. The van der Waals surface area contributed by atoms with Crippen LogP contribution in [0.25, 0.3) is 5.69 Å². The minimum absolute atomic E-state index is 0.198. The van der Waals surface area contributed by atoms with Gasteiger partial charge in [-0.05, 0) is 59.2 Å². The van der Waals surface area contributed by atoms with Crippen LogP contribution in [-0.2, 0) is 6.42 Å². The molecular formula is C17H19N5. The molecule has 1 aromatic heterocycles. The zero-order valence-corrected chi connectivity index (χ0v) is 12.8. The second-order valence-corrected chi connectivity index (χ2v) is 5.27. The van der Waals surface area contributed by atoms with E-state index in [1.807, 2.05) is 12.1 Å². The Morgan fingerprint density at radius 2 is 1.95 bits per heavy atom. The van der Waals surface area contributed by atoms with Crippen LogP contribution in [-0.4, -0.2) is 20.2 Å². The summed E-state index contributed by atoms with van der Waals surface area (Å²) in [4.78, 5) is 0. The van der Waals surface area contributed by atoms with Gasteiger partial charge < -0.3 is 5.32 Å². The molecule has 0 aliphatic carbocycles. The van der Waals surface area contributed by atoms with Crippen LogP contribution in [0.5, 0.6) is 0 Å². The number of nitrogens with one attached hydrogen (secondary N) is 1. The van der Waals surface area contributed by atoms with Crippen molar-refractivity contribution < 1.29 is 0 Å². The molecule has 1 N–H and O–H groups in total. The SMILES string of the molecule is CCc1ccc(NC(C)c2cccc(-n3cnnn3)c2)cc1. The average Bonchev–Trinajstić information content (AvgIpc) is 3.10. The van der Waals surface area contributed by atoms with Gasteiger partial charge in [0.15, 0.2) is 0 Å². The van der Waals surface area contributed by atoms with Crippen molar-refractivity contribution in [1.29, 1.82) is 0 Å². The van der Waals surface area contributed by atoms with Crippen molar-refractivity contribution in [2.24, 2.45) is 0 Å². The van der Waals surface area contributed by atoms with Crippen LogP contribution in [0.15, 0.2) is 54.9 Å². The smallest absolute Gasteiger partial charge is 0.143 e. The lowest BCUT2D eigenvalue weighted by Gasteiger charge is -2.16. The van der Waals surface area contributed by atoms with Crippen molar-refractivity contribution in [3.05, 3.63) is 66.0 Å². The summed E-state index contributed by atoms with van der Waals surface area (Å²) in [5.41, 5.74) is 4.61. The van der Waals surface area contributed by atoms with Crippen molar-refractivity contribution in [3.63, 3.8) is 0 Å². The van der Waals surface area contributed by atoms with Gasteiger partial charge in [-0.1, -0.05) is 31.2 Å². The number of anilines is 1. The molecule has 1 heterocycles. The Morgan fingerprint density at radius 1 is 1.14 bits per heavy atom. The van der Waals surface area contributed by atoms with E-state index in [1.165, 1.54) is 11.1 Å². The van der Waals surface area contributed by atoms with Gasteiger partial charge in [0.05, 0.1) is 5.69 Å². The first-order valence-corrected chi connectivity index (χ1v) is 7.45. The lowest BCUT2D eigenvalue weighted by Crippen LogP contribution is -2.07. The van der Waals surface area contributed by atoms with E-state index >= 15 is 0 Å². The summed E-state index contributed by atoms with van der Waals surface area (Å²) in [6.45, 7) is 4.31. The van der Waals surface area contributed by atoms with Crippen molar-refractivity contribution in [2.75, 3.05) is 5.32 Å². The first kappa shape index (κ1) is 14.3. The van der Waals surface area contributed by atoms with Crippen LogP contribution in [0.4, 0.5) is 5.69 Å². The minimum atomic E-state index is 0.198. The van der Waals surface area contributed by atoms with Crippen molar-refractivity contribution in [2.45, 2.75) is 26.3 Å². The maximum absolute atomic E-state index is 3.93. The molecule has 0 amide bonds. The highest BCUT2D eigenvalue weighted by Gasteiger charge is 2.07. The lowest BCUT2D eigenvalue weighted by atomic mass is 10.1. The predicted molar refractivity (Wildman–Crippen MR) is 87.0 cm³/mol. The summed E-state index contributed by atoms with van der Waals surface area (Å²) in [6.07, 6.45) is 2.66. The summed E-state index contributed by atoms with van der Waals surface area (Å²) in [5.74, 6) is 0. The predicted octanol–water partition coefficient (Wildman–Crippen LogP) is 3.40. The molecule has 0 saturated carbocycles. The van der Waals surface area contributed by atoms with Crippen molar-refractivity contribution in [3.8, 4) is 5.69 Å². The highest BCUT2D eigenvalue weighted by molar-refractivity contribution is 5.47. The number of rotatable bonds is 5. The van der Waals surface area contributed by atoms with Gasteiger partial charge in [-0.3, -0.25) is 0 Å². The third-order valence-electron chi connectivity index (χ3n) is 3.73. The molecule has 22 heavy (non-hydrogen) atoms. The third-order valence-corrected chi connectivity index (χ3v) is 3.73. The molecule has 5 heteroatoms. The second-order valence-electron chi connectivity index (χ2n) is 5.27. The van der Waals surface area contributed by atoms with Gasteiger partial charge >= 0.3 is 0 Å². The van der Waals surface area contributed by atoms with Crippen LogP contribution in [0.2, 0.25) is 0 Å². The van der Waals surface area contributed by atoms with E-state index in [2.05, 4.69) is 71.1 Å². The quantitative estimate of drug-likeness (QED) is 0.783. The largest absolute Gasteiger partial charge is 0.379 e. The second kappa shape index (κ2) is 6.39. The Bertz CT molecular complexity index is 719. The van der Waals surface area contributed by atoms with Crippen LogP contribution in [0, 0.1) is 0 Å². The third kappa shape index (κ3) is 3.14. The van der Waals surface area contributed by atoms with E-state index in [1.54, 1.807) is 11.0 Å². The van der Waals surface area contributed by atoms with E-state index in [-0.39, 0.29) is 6.04 Å². The molecule has 0 radical (unpaired) electrons. The Kier molecular flexibility index (Phi) is 4.14. The van der Waals surface area contributed by atoms with Gasteiger partial charge in [0.2, 0.25) is 0 Å². The molecule has 2 aromatic carbocycles. The molecular weight excluding hydrogens is 274 g/mol. The number of nitrogens with zero attached hydrogens (tertiary/aromatic N) is 4. The van der Waals surface area contributed by atoms with Gasteiger partial charge in [-0.15, -0.1) is 5.10 Å². The van der Waals surface area contributed by atoms with Gasteiger partial charge in [-0.25, -0.2) is 4.68 Å². The number of hydrogen-bond acceptors (Lipinski definition) is 4. The molecule has 112 valence electrons. The van der Waals surface area contributed by atoms with Gasteiger partial charge in [-0.2, -0.15) is 0 Å². The molecule has 0 fully saturated rings. The molecule has 0 spiro atoms. The Hall–Kier alpha value is -2.69. The monoisotopic (exact) mass is 293 g/mol. The first-order chi connectivity index (χ1) is 10.8. The summed E-state index contributed by atoms with van der Waals surface area (Å²) >= 11 is 0. The summed E-state index contributed by atoms with van der Waals surface area (Å²) in [5, 5.41) is 14.8. The number of benzene rings is 2. The fourth-order valence-corrected chi connectivity index (χ4v) is 2.39. The summed E-state index contributed by atoms with van der Waals surface area (Å²) < 4.78 is 1.66. The average molecular weight is 293 g/mol. The zero-order valence-electron chi connectivity index (χ0n) is 12.8. The number of tetrazole rings is 1. The van der Waals surface area contributed by atoms with E-state index < -0.39 is 0 Å². The summed E-state index contributed by atoms with van der Waals surface area (Å²) in [7, 11) is 0. The van der Waals surface area contributed by atoms with Crippen LogP contribution in [0.3, 0.4) is 0 Å². The maximum Gasteiger partial charge on any atom is 0.143 e. The molecule has 0 saturated heterocycles. The molecule has 0 aliphatic heterocycles. The standard InChI is InChI=1S/C17H19N5/c1-3-14-7-9-16(10-8-14)19-13(2)15-5-4-6-17(11-15)22-12-18-20-21-22/h4-13,19H,3H2,1-2H3. The lowest BCUT2D eigenvalue weighted by molar-refractivity contribution is 0.785. The molecule has 3 aromatic rings. The topological polar surface area (TPSA) is 55.6 Å². The molecule has 3 rings (SSSR count). The Balaban J connectivity index is 1.76. The Labute approximate surface area is 130 Å². The van der Waals surface area contributed by atoms with Gasteiger partial charge in [0.1, 0.15) is 6.33 Å². The van der Waals surface area contributed by atoms with Crippen LogP contribution < -0.4 is 5.32 Å². The van der Waals surface area contributed by atoms with Gasteiger partial charge in [0.25, 0.3) is 0 Å². The highest BCUT2D eigenvalue weighted by Crippen LogP contribution is 2.21. The fourth-order valence-electron chi connectivity index (χ4n) is 2.39. The van der Waals surface area contributed by atoms with E-state index in [4.69, 9.17) is 0 Å². The van der Waals surface area contributed by atoms with Gasteiger partial charge in [0, 0.05) is 11.7 Å². The minimum Gasteiger partial charge on any atom is -0.379 e. The van der Waals surface area contributed by atoms with E-state index in [0.717, 1.165) is 17.8 Å². The first-order valence-electron chi connectivity index (χ1n) is 7.45. The van der Waals surface area contributed by atoms with Crippen molar-refractivity contribution >= 4 is 5.69 Å². The number of hydrogen-bond donors (Lipinski definition) is 1. The normalized spacial score (nSPS) is 12.1. The zero-order chi connectivity index (χ0) is 15.4. The van der Waals surface area contributed by atoms with Crippen LogP contribution >= 0.6 is 0 Å². The van der Waals surface area contributed by atoms with E-state index in [9.17, 15) is 0 Å². The molecule has 0 aliphatic rings. The summed E-state index contributed by atoms with van der Waals surface area (Å²) in [6, 6.07) is 17.0. The van der Waals surface area contributed by atoms with E-state index in [0.29, 0.717) is 0 Å². The van der Waals surface area contributed by atoms with Crippen LogP contribution in [0.1, 0.15) is 31.0 Å².